The number of hydrogen-bond donors (Lipinski definition) is 0. The van der Waals surface area contributed by atoms with E-state index in [2.05, 4.69) is 35.6 Å². The first-order valence-electron chi connectivity index (χ1n) is 6.89. The van der Waals surface area contributed by atoms with Gasteiger partial charge in [-0.3, -0.25) is 0 Å². The molecule has 0 aromatic carbocycles. The molecule has 1 saturated heterocycles. The fraction of sp³-hybridized carbons (Fsp3) is 0.714. The fourth-order valence-corrected chi connectivity index (χ4v) is 2.63. The summed E-state index contributed by atoms with van der Waals surface area (Å²) in [5.74, 6) is 2.94. The van der Waals surface area contributed by atoms with Gasteiger partial charge in [0.2, 0.25) is 0 Å². The van der Waals surface area contributed by atoms with Crippen LogP contribution in [0.4, 0.5) is 5.82 Å². The van der Waals surface area contributed by atoms with Crippen LogP contribution in [0.15, 0.2) is 6.07 Å². The van der Waals surface area contributed by atoms with Crippen LogP contribution in [0, 0.1) is 5.92 Å². The van der Waals surface area contributed by atoms with E-state index >= 15 is 0 Å². The van der Waals surface area contributed by atoms with Gasteiger partial charge in [-0.25, -0.2) is 9.97 Å². The summed E-state index contributed by atoms with van der Waals surface area (Å²) in [4.78, 5) is 11.3. The van der Waals surface area contributed by atoms with Gasteiger partial charge in [-0.05, 0) is 18.8 Å². The number of halogens is 1. The Bertz CT molecular complexity index is 406. The second-order valence-corrected chi connectivity index (χ2v) is 5.81. The molecule has 1 atom stereocenters. The smallest absolute Gasteiger partial charge is 0.135 e. The van der Waals surface area contributed by atoms with E-state index in [1.54, 1.807) is 0 Å². The summed E-state index contributed by atoms with van der Waals surface area (Å²) in [7, 11) is 0. The van der Waals surface area contributed by atoms with Gasteiger partial charge < -0.3 is 4.90 Å². The SMILES string of the molecule is CCC1CCCN(c2cc(Cl)nc(C(C)C)n2)C1. The van der Waals surface area contributed by atoms with Crippen LogP contribution in [0.1, 0.15) is 51.8 Å². The summed E-state index contributed by atoms with van der Waals surface area (Å²) < 4.78 is 0. The predicted molar refractivity (Wildman–Crippen MR) is 76.4 cm³/mol. The minimum absolute atomic E-state index is 0.314. The number of rotatable bonds is 3. The van der Waals surface area contributed by atoms with Gasteiger partial charge in [-0.1, -0.05) is 38.8 Å². The summed E-state index contributed by atoms with van der Waals surface area (Å²) in [5, 5.41) is 0.558. The molecule has 100 valence electrons. The van der Waals surface area contributed by atoms with Crippen LogP contribution in [0.25, 0.3) is 0 Å². The van der Waals surface area contributed by atoms with Crippen LogP contribution >= 0.6 is 11.6 Å². The van der Waals surface area contributed by atoms with E-state index < -0.39 is 0 Å². The first-order chi connectivity index (χ1) is 8.60. The quantitative estimate of drug-likeness (QED) is 0.779. The maximum absolute atomic E-state index is 6.11. The van der Waals surface area contributed by atoms with Crippen LogP contribution in [-0.4, -0.2) is 23.1 Å². The molecule has 0 N–H and O–H groups in total. The van der Waals surface area contributed by atoms with Gasteiger partial charge in [-0.15, -0.1) is 0 Å². The highest BCUT2D eigenvalue weighted by molar-refractivity contribution is 6.29. The van der Waals surface area contributed by atoms with E-state index in [-0.39, 0.29) is 0 Å². The zero-order valence-corrected chi connectivity index (χ0v) is 12.2. The van der Waals surface area contributed by atoms with E-state index in [0.717, 1.165) is 30.6 Å². The summed E-state index contributed by atoms with van der Waals surface area (Å²) in [6.45, 7) is 8.64. The molecule has 1 fully saturated rings. The average Bonchev–Trinajstić information content (AvgIpc) is 2.38. The predicted octanol–water partition coefficient (Wildman–Crippen LogP) is 3.88. The molecule has 0 saturated carbocycles. The van der Waals surface area contributed by atoms with Crippen molar-refractivity contribution >= 4 is 17.4 Å². The molecule has 0 radical (unpaired) electrons. The van der Waals surface area contributed by atoms with Crippen molar-refractivity contribution in [2.75, 3.05) is 18.0 Å². The third kappa shape index (κ3) is 3.14. The van der Waals surface area contributed by atoms with Gasteiger partial charge in [-0.2, -0.15) is 0 Å². The van der Waals surface area contributed by atoms with Crippen molar-refractivity contribution in [2.45, 2.75) is 46.0 Å². The minimum Gasteiger partial charge on any atom is -0.356 e. The maximum Gasteiger partial charge on any atom is 0.135 e. The normalized spacial score (nSPS) is 20.5. The molecule has 0 amide bonds. The number of anilines is 1. The van der Waals surface area contributed by atoms with E-state index in [9.17, 15) is 0 Å². The molecule has 1 unspecified atom stereocenters. The lowest BCUT2D eigenvalue weighted by Crippen LogP contribution is -2.35. The monoisotopic (exact) mass is 267 g/mol. The minimum atomic E-state index is 0.314. The molecule has 1 aromatic rings. The molecule has 2 heterocycles. The first kappa shape index (κ1) is 13.6. The molecule has 1 aliphatic rings. The van der Waals surface area contributed by atoms with Crippen molar-refractivity contribution < 1.29 is 0 Å². The zero-order chi connectivity index (χ0) is 13.1. The van der Waals surface area contributed by atoms with E-state index in [1.807, 2.05) is 6.07 Å². The molecule has 0 bridgehead atoms. The van der Waals surface area contributed by atoms with Gasteiger partial charge in [0.05, 0.1) is 0 Å². The molecule has 0 aliphatic carbocycles. The molecule has 4 heteroatoms. The lowest BCUT2D eigenvalue weighted by atomic mass is 9.96. The Balaban J connectivity index is 2.21. The van der Waals surface area contributed by atoms with Crippen molar-refractivity contribution in [3.05, 3.63) is 17.0 Å². The zero-order valence-electron chi connectivity index (χ0n) is 11.5. The van der Waals surface area contributed by atoms with E-state index in [0.29, 0.717) is 11.1 Å². The fourth-order valence-electron chi connectivity index (χ4n) is 2.45. The van der Waals surface area contributed by atoms with Crippen LogP contribution in [-0.2, 0) is 0 Å². The highest BCUT2D eigenvalue weighted by atomic mass is 35.5. The summed E-state index contributed by atoms with van der Waals surface area (Å²) in [6.07, 6.45) is 3.83. The molecule has 1 aromatic heterocycles. The summed E-state index contributed by atoms with van der Waals surface area (Å²) in [6, 6.07) is 1.89. The molecule has 18 heavy (non-hydrogen) atoms. The Morgan fingerprint density at radius 1 is 1.44 bits per heavy atom. The first-order valence-corrected chi connectivity index (χ1v) is 7.27. The highest BCUT2D eigenvalue weighted by Gasteiger charge is 2.20. The molecule has 2 rings (SSSR count). The van der Waals surface area contributed by atoms with Crippen molar-refractivity contribution in [3.8, 4) is 0 Å². The second kappa shape index (κ2) is 5.87. The van der Waals surface area contributed by atoms with E-state index in [4.69, 9.17) is 11.6 Å². The van der Waals surface area contributed by atoms with Crippen LogP contribution in [0.3, 0.4) is 0 Å². The molecular weight excluding hydrogens is 246 g/mol. The molecular formula is C14H22ClN3. The Kier molecular flexibility index (Phi) is 4.44. The average molecular weight is 268 g/mol. The van der Waals surface area contributed by atoms with Crippen LogP contribution in [0.2, 0.25) is 5.15 Å². The lowest BCUT2D eigenvalue weighted by Gasteiger charge is -2.33. The number of hydrogen-bond acceptors (Lipinski definition) is 3. The topological polar surface area (TPSA) is 29.0 Å². The Labute approximate surface area is 115 Å². The second-order valence-electron chi connectivity index (χ2n) is 5.42. The third-order valence-corrected chi connectivity index (χ3v) is 3.83. The standard InChI is InChI=1S/C14H22ClN3/c1-4-11-6-5-7-18(9-11)13-8-12(15)16-14(17-13)10(2)3/h8,10-11H,4-7,9H2,1-3H3. The Morgan fingerprint density at radius 3 is 2.89 bits per heavy atom. The van der Waals surface area contributed by atoms with Crippen LogP contribution in [0.5, 0.6) is 0 Å². The third-order valence-electron chi connectivity index (χ3n) is 3.64. The van der Waals surface area contributed by atoms with Gasteiger partial charge >= 0.3 is 0 Å². The van der Waals surface area contributed by atoms with Crippen molar-refractivity contribution in [1.82, 2.24) is 9.97 Å². The number of nitrogens with zero attached hydrogens (tertiary/aromatic N) is 3. The lowest BCUT2D eigenvalue weighted by molar-refractivity contribution is 0.402. The molecule has 3 nitrogen and oxygen atoms in total. The van der Waals surface area contributed by atoms with Gasteiger partial charge in [0.15, 0.2) is 0 Å². The number of aromatic nitrogens is 2. The number of piperidine rings is 1. The van der Waals surface area contributed by atoms with E-state index in [1.165, 1.54) is 19.3 Å². The summed E-state index contributed by atoms with van der Waals surface area (Å²) in [5.41, 5.74) is 0. The largest absolute Gasteiger partial charge is 0.356 e. The molecule has 1 aliphatic heterocycles. The maximum atomic E-state index is 6.11. The van der Waals surface area contributed by atoms with Crippen molar-refractivity contribution in [3.63, 3.8) is 0 Å². The van der Waals surface area contributed by atoms with Gasteiger partial charge in [0, 0.05) is 25.1 Å². The summed E-state index contributed by atoms with van der Waals surface area (Å²) >= 11 is 6.11. The highest BCUT2D eigenvalue weighted by Crippen LogP contribution is 2.26. The van der Waals surface area contributed by atoms with Crippen molar-refractivity contribution in [2.24, 2.45) is 5.92 Å². The molecule has 0 spiro atoms. The van der Waals surface area contributed by atoms with Gasteiger partial charge in [0.1, 0.15) is 16.8 Å². The van der Waals surface area contributed by atoms with Crippen molar-refractivity contribution in [1.29, 1.82) is 0 Å². The Hall–Kier alpha value is -0.830. The van der Waals surface area contributed by atoms with Crippen LogP contribution < -0.4 is 4.90 Å². The van der Waals surface area contributed by atoms with Gasteiger partial charge in [0.25, 0.3) is 0 Å². The Morgan fingerprint density at radius 2 is 2.22 bits per heavy atom.